The molecule has 3 heterocycles. The van der Waals surface area contributed by atoms with E-state index in [-0.39, 0.29) is 22.4 Å². The van der Waals surface area contributed by atoms with Gasteiger partial charge in [-0.15, -0.1) is 0 Å². The Balaban J connectivity index is 1.72. The van der Waals surface area contributed by atoms with Crippen LogP contribution < -0.4 is 14.4 Å². The largest absolute Gasteiger partial charge is 0.495 e. The Kier molecular flexibility index (Phi) is 4.23. The van der Waals surface area contributed by atoms with Gasteiger partial charge in [0, 0.05) is 24.8 Å². The van der Waals surface area contributed by atoms with Gasteiger partial charge in [-0.1, -0.05) is 6.07 Å². The zero-order valence-corrected chi connectivity index (χ0v) is 15.4. The van der Waals surface area contributed by atoms with Gasteiger partial charge in [0.15, 0.2) is 5.82 Å². The summed E-state index contributed by atoms with van der Waals surface area (Å²) in [4.78, 5) is 17.8. The number of methoxy groups -OCH3 is 1. The molecule has 2 aromatic heterocycles. The van der Waals surface area contributed by atoms with Crippen molar-refractivity contribution in [3.05, 3.63) is 48.8 Å². The van der Waals surface area contributed by atoms with Crippen LogP contribution >= 0.6 is 0 Å². The standard InChI is InChI=1S/C18H18N4O4S/c1-26-14-8-7-13(22-10-4-6-18(22)23)11-15(14)27(24,25)20-16-12-21-9-3-2-5-17(21)19-16/h2-3,5,7-9,11-12,20H,4,6,10H2,1H3. The monoisotopic (exact) mass is 386 g/mol. The Morgan fingerprint density at radius 2 is 2.07 bits per heavy atom. The summed E-state index contributed by atoms with van der Waals surface area (Å²) in [6, 6.07) is 10.1. The number of amides is 1. The highest BCUT2D eigenvalue weighted by molar-refractivity contribution is 7.92. The van der Waals surface area contributed by atoms with E-state index in [1.54, 1.807) is 39.9 Å². The number of nitrogens with zero attached hydrogens (tertiary/aromatic N) is 3. The number of carbonyl (C=O) groups is 1. The first-order valence-electron chi connectivity index (χ1n) is 8.43. The molecule has 0 aliphatic carbocycles. The van der Waals surface area contributed by atoms with Crippen molar-refractivity contribution in [1.82, 2.24) is 9.38 Å². The average molecular weight is 386 g/mol. The van der Waals surface area contributed by atoms with Crippen molar-refractivity contribution in [2.24, 2.45) is 0 Å². The molecule has 1 saturated heterocycles. The Morgan fingerprint density at radius 3 is 2.78 bits per heavy atom. The third-order valence-electron chi connectivity index (χ3n) is 4.42. The number of imidazole rings is 1. The molecule has 0 bridgehead atoms. The molecular formula is C18H18N4O4S. The number of sulfonamides is 1. The highest BCUT2D eigenvalue weighted by Crippen LogP contribution is 2.32. The summed E-state index contributed by atoms with van der Waals surface area (Å²) in [6.45, 7) is 0.574. The lowest BCUT2D eigenvalue weighted by atomic mass is 10.3. The topological polar surface area (TPSA) is 93.0 Å². The third kappa shape index (κ3) is 3.21. The van der Waals surface area contributed by atoms with Crippen molar-refractivity contribution in [2.45, 2.75) is 17.7 Å². The van der Waals surface area contributed by atoms with Crippen LogP contribution in [-0.4, -0.2) is 37.4 Å². The van der Waals surface area contributed by atoms with Crippen LogP contribution in [0.25, 0.3) is 5.65 Å². The minimum absolute atomic E-state index is 0.0168. The SMILES string of the molecule is COc1ccc(N2CCCC2=O)cc1S(=O)(=O)Nc1cn2ccccc2n1. The van der Waals surface area contributed by atoms with Crippen molar-refractivity contribution in [2.75, 3.05) is 23.3 Å². The van der Waals surface area contributed by atoms with Crippen LogP contribution in [0.4, 0.5) is 11.5 Å². The molecule has 0 unspecified atom stereocenters. The highest BCUT2D eigenvalue weighted by Gasteiger charge is 2.26. The van der Waals surface area contributed by atoms with Gasteiger partial charge in [-0.3, -0.25) is 9.52 Å². The lowest BCUT2D eigenvalue weighted by Gasteiger charge is -2.18. The van der Waals surface area contributed by atoms with Crippen molar-refractivity contribution >= 4 is 33.1 Å². The van der Waals surface area contributed by atoms with Gasteiger partial charge >= 0.3 is 0 Å². The van der Waals surface area contributed by atoms with E-state index in [0.717, 1.165) is 6.42 Å². The number of anilines is 2. The van der Waals surface area contributed by atoms with Crippen LogP contribution in [0.1, 0.15) is 12.8 Å². The Labute approximate surface area is 156 Å². The Bertz CT molecular complexity index is 1090. The molecule has 1 aromatic carbocycles. The zero-order chi connectivity index (χ0) is 19.0. The van der Waals surface area contributed by atoms with Crippen molar-refractivity contribution in [1.29, 1.82) is 0 Å². The predicted molar refractivity (Wildman–Crippen MR) is 101 cm³/mol. The molecule has 140 valence electrons. The van der Waals surface area contributed by atoms with E-state index in [9.17, 15) is 13.2 Å². The molecule has 0 radical (unpaired) electrons. The van der Waals surface area contributed by atoms with Gasteiger partial charge in [-0.05, 0) is 36.8 Å². The minimum atomic E-state index is -3.96. The number of benzene rings is 1. The number of aromatic nitrogens is 2. The van der Waals surface area contributed by atoms with Crippen LogP contribution in [0.5, 0.6) is 5.75 Å². The lowest BCUT2D eigenvalue weighted by Crippen LogP contribution is -2.24. The number of fused-ring (bicyclic) bond motifs is 1. The summed E-state index contributed by atoms with van der Waals surface area (Å²) in [6.07, 6.45) is 4.59. The molecule has 0 atom stereocenters. The second kappa shape index (κ2) is 6.58. The molecule has 1 N–H and O–H groups in total. The molecule has 27 heavy (non-hydrogen) atoms. The smallest absolute Gasteiger partial charge is 0.266 e. The number of hydrogen-bond acceptors (Lipinski definition) is 5. The number of pyridine rings is 1. The van der Waals surface area contributed by atoms with Gasteiger partial charge in [0.05, 0.1) is 13.3 Å². The number of ether oxygens (including phenoxy) is 1. The van der Waals surface area contributed by atoms with Gasteiger partial charge in [0.2, 0.25) is 5.91 Å². The van der Waals surface area contributed by atoms with Crippen LogP contribution in [-0.2, 0) is 14.8 Å². The maximum Gasteiger partial charge on any atom is 0.266 e. The maximum absolute atomic E-state index is 13.0. The quantitative estimate of drug-likeness (QED) is 0.726. The first kappa shape index (κ1) is 17.3. The summed E-state index contributed by atoms with van der Waals surface area (Å²) in [5, 5.41) is 0. The van der Waals surface area contributed by atoms with E-state index in [0.29, 0.717) is 24.3 Å². The molecule has 8 nitrogen and oxygen atoms in total. The van der Waals surface area contributed by atoms with Crippen molar-refractivity contribution in [3.8, 4) is 5.75 Å². The predicted octanol–water partition coefficient (Wildman–Crippen LogP) is 2.27. The first-order valence-corrected chi connectivity index (χ1v) is 9.91. The maximum atomic E-state index is 13.0. The van der Waals surface area contributed by atoms with E-state index < -0.39 is 10.0 Å². The minimum Gasteiger partial charge on any atom is -0.495 e. The number of rotatable bonds is 5. The lowest BCUT2D eigenvalue weighted by molar-refractivity contribution is -0.117. The molecule has 1 aliphatic heterocycles. The number of nitrogens with one attached hydrogen (secondary N) is 1. The zero-order valence-electron chi connectivity index (χ0n) is 14.6. The van der Waals surface area contributed by atoms with E-state index in [2.05, 4.69) is 9.71 Å². The third-order valence-corrected chi connectivity index (χ3v) is 5.80. The Morgan fingerprint density at radius 1 is 1.22 bits per heavy atom. The van der Waals surface area contributed by atoms with Gasteiger partial charge < -0.3 is 14.0 Å². The van der Waals surface area contributed by atoms with Crippen LogP contribution in [0.15, 0.2) is 53.7 Å². The van der Waals surface area contributed by atoms with Crippen LogP contribution in [0.3, 0.4) is 0 Å². The van der Waals surface area contributed by atoms with Crippen LogP contribution in [0.2, 0.25) is 0 Å². The summed E-state index contributed by atoms with van der Waals surface area (Å²) < 4.78 is 35.4. The molecule has 0 saturated carbocycles. The Hall–Kier alpha value is -3.07. The fourth-order valence-electron chi connectivity index (χ4n) is 3.14. The highest BCUT2D eigenvalue weighted by atomic mass is 32.2. The van der Waals surface area contributed by atoms with Crippen molar-refractivity contribution < 1.29 is 17.9 Å². The molecule has 9 heteroatoms. The molecule has 1 fully saturated rings. The average Bonchev–Trinajstić information content (AvgIpc) is 3.26. The van der Waals surface area contributed by atoms with E-state index in [1.165, 1.54) is 13.2 Å². The van der Waals surface area contributed by atoms with Gasteiger partial charge in [0.25, 0.3) is 10.0 Å². The fraction of sp³-hybridized carbons (Fsp3) is 0.222. The molecular weight excluding hydrogens is 368 g/mol. The molecule has 1 aliphatic rings. The van der Waals surface area contributed by atoms with Gasteiger partial charge in [0.1, 0.15) is 16.3 Å². The van der Waals surface area contributed by atoms with Crippen LogP contribution in [0, 0.1) is 0 Å². The number of hydrogen-bond donors (Lipinski definition) is 1. The second-order valence-corrected chi connectivity index (χ2v) is 7.83. The number of carbonyl (C=O) groups excluding carboxylic acids is 1. The molecule has 4 rings (SSSR count). The normalized spacial score (nSPS) is 14.7. The summed E-state index contributed by atoms with van der Waals surface area (Å²) >= 11 is 0. The molecule has 3 aromatic rings. The van der Waals surface area contributed by atoms with Crippen molar-refractivity contribution in [3.63, 3.8) is 0 Å². The second-order valence-electron chi connectivity index (χ2n) is 6.18. The van der Waals surface area contributed by atoms with Gasteiger partial charge in [-0.25, -0.2) is 13.4 Å². The van der Waals surface area contributed by atoms with E-state index >= 15 is 0 Å². The summed E-state index contributed by atoms with van der Waals surface area (Å²) in [5.41, 5.74) is 1.16. The van der Waals surface area contributed by atoms with Gasteiger partial charge in [-0.2, -0.15) is 0 Å². The molecule has 1 amide bonds. The molecule has 0 spiro atoms. The van der Waals surface area contributed by atoms with E-state index in [1.807, 2.05) is 12.1 Å². The first-order chi connectivity index (χ1) is 13.0. The fourth-order valence-corrected chi connectivity index (χ4v) is 4.32. The summed E-state index contributed by atoms with van der Waals surface area (Å²) in [7, 11) is -2.56. The summed E-state index contributed by atoms with van der Waals surface area (Å²) in [5.74, 6) is 0.379. The van der Waals surface area contributed by atoms with E-state index in [4.69, 9.17) is 4.74 Å².